The van der Waals surface area contributed by atoms with Crippen molar-refractivity contribution < 1.29 is 29.6 Å². The van der Waals surface area contributed by atoms with Crippen LogP contribution in [0.4, 0.5) is 0 Å². The minimum absolute atomic E-state index is 0.0434. The molecule has 0 amide bonds. The van der Waals surface area contributed by atoms with E-state index in [0.29, 0.717) is 8.95 Å². The fourth-order valence-corrected chi connectivity index (χ4v) is 2.68. The molecule has 2 aromatic rings. The summed E-state index contributed by atoms with van der Waals surface area (Å²) < 4.78 is 5.69. The Morgan fingerprint density at radius 2 is 1.62 bits per heavy atom. The Labute approximate surface area is 158 Å². The first-order valence-corrected chi connectivity index (χ1v) is 8.12. The van der Waals surface area contributed by atoms with Gasteiger partial charge in [-0.15, -0.1) is 0 Å². The Hall–Kier alpha value is -1.77. The second-order valence-corrected chi connectivity index (χ2v) is 6.48. The van der Waals surface area contributed by atoms with Crippen molar-refractivity contribution in [2.45, 2.75) is 0 Å². The van der Waals surface area contributed by atoms with Gasteiger partial charge in [-0.1, -0.05) is 43.5 Å². The van der Waals surface area contributed by atoms with Crippen molar-refractivity contribution in [3.63, 3.8) is 0 Å². The second-order valence-electron chi connectivity index (χ2n) is 4.24. The van der Waals surface area contributed by atoms with Crippen LogP contribution in [0.5, 0.6) is 11.5 Å². The summed E-state index contributed by atoms with van der Waals surface area (Å²) in [6.07, 6.45) is 0. The zero-order valence-electron chi connectivity index (χ0n) is 12.1. The molecule has 128 valence electrons. The van der Waals surface area contributed by atoms with Gasteiger partial charge in [0.05, 0.1) is 12.1 Å². The lowest BCUT2D eigenvalue weighted by molar-refractivity contribution is 0.0596. The molecule has 0 spiro atoms. The summed E-state index contributed by atoms with van der Waals surface area (Å²) in [6, 6.07) is 7.17. The lowest BCUT2D eigenvalue weighted by Crippen LogP contribution is -2.01. The summed E-state index contributed by atoms with van der Waals surface area (Å²) in [5.74, 6) is -2.25. The molecule has 0 fully saturated rings. The minimum Gasteiger partial charge on any atom is -0.507 e. The Morgan fingerprint density at radius 1 is 1.04 bits per heavy atom. The normalized spacial score (nSPS) is 9.67. The Balaban J connectivity index is 0.000000243. The summed E-state index contributed by atoms with van der Waals surface area (Å²) in [5.41, 5.74) is -0.0544. The summed E-state index contributed by atoms with van der Waals surface area (Å²) in [6.45, 7) is 0. The van der Waals surface area contributed by atoms with Gasteiger partial charge in [-0.25, -0.2) is 9.59 Å². The number of halogens is 3. The molecule has 0 saturated heterocycles. The van der Waals surface area contributed by atoms with E-state index in [2.05, 4.69) is 36.6 Å². The van der Waals surface area contributed by atoms with Crippen molar-refractivity contribution in [2.24, 2.45) is 0 Å². The van der Waals surface area contributed by atoms with Crippen LogP contribution in [0.15, 0.2) is 39.3 Å². The number of ether oxygens (including phenoxy) is 1. The molecule has 9 heteroatoms. The minimum atomic E-state index is -1.14. The molecule has 0 atom stereocenters. The van der Waals surface area contributed by atoms with Crippen LogP contribution >= 0.6 is 43.5 Å². The number of methoxy groups -OCH3 is 1. The Kier molecular flexibility index (Phi) is 7.53. The number of esters is 1. The second kappa shape index (κ2) is 8.91. The SMILES string of the molecule is COC(=O)c1cc(Br)cc(Cl)c1O.O=C(O)c1cc(Br)ccc1O. The van der Waals surface area contributed by atoms with E-state index in [1.807, 2.05) is 0 Å². The number of aromatic carboxylic acids is 1. The van der Waals surface area contributed by atoms with Gasteiger partial charge in [-0.05, 0) is 30.3 Å². The molecule has 0 aliphatic heterocycles. The molecule has 0 aliphatic rings. The number of hydrogen-bond donors (Lipinski definition) is 3. The van der Waals surface area contributed by atoms with Crippen LogP contribution in [-0.2, 0) is 4.74 Å². The molecule has 0 radical (unpaired) electrons. The maximum atomic E-state index is 11.1. The standard InChI is InChI=1S/C8H6BrClO3.C7H5BrO3/c1-13-8(12)5-2-4(9)3-6(10)7(5)11;8-4-1-2-6(9)5(3-4)7(10)11/h2-3,11H,1H3;1-3,9H,(H,10,11). The van der Waals surface area contributed by atoms with Crippen molar-refractivity contribution in [1.82, 2.24) is 0 Å². The van der Waals surface area contributed by atoms with E-state index >= 15 is 0 Å². The van der Waals surface area contributed by atoms with Crippen molar-refractivity contribution in [2.75, 3.05) is 7.11 Å². The van der Waals surface area contributed by atoms with Gasteiger partial charge in [0, 0.05) is 8.95 Å². The third-order valence-electron chi connectivity index (χ3n) is 2.62. The fourth-order valence-electron chi connectivity index (χ4n) is 1.51. The fraction of sp³-hybridized carbons (Fsp3) is 0.0667. The van der Waals surface area contributed by atoms with Gasteiger partial charge in [0.15, 0.2) is 0 Å². The first kappa shape index (κ1) is 20.3. The molecule has 0 aliphatic carbocycles. The van der Waals surface area contributed by atoms with Crippen molar-refractivity contribution in [3.8, 4) is 11.5 Å². The summed E-state index contributed by atoms with van der Waals surface area (Å²) in [5, 5.41) is 27.0. The molecular weight excluding hydrogens is 471 g/mol. The number of carboxylic acid groups (broad SMARTS) is 1. The average Bonchev–Trinajstić information content (AvgIpc) is 2.52. The van der Waals surface area contributed by atoms with Crippen molar-refractivity contribution in [1.29, 1.82) is 0 Å². The molecule has 2 rings (SSSR count). The third-order valence-corrected chi connectivity index (χ3v) is 3.86. The van der Waals surface area contributed by atoms with E-state index < -0.39 is 11.9 Å². The molecule has 24 heavy (non-hydrogen) atoms. The number of hydrogen-bond acceptors (Lipinski definition) is 5. The van der Waals surface area contributed by atoms with Crippen LogP contribution in [0, 0.1) is 0 Å². The molecule has 0 heterocycles. The van der Waals surface area contributed by atoms with Crippen LogP contribution in [0.3, 0.4) is 0 Å². The van der Waals surface area contributed by atoms with Gasteiger partial charge in [0.1, 0.15) is 22.6 Å². The molecule has 3 N–H and O–H groups in total. The molecule has 0 saturated carbocycles. The maximum Gasteiger partial charge on any atom is 0.341 e. The van der Waals surface area contributed by atoms with Crippen LogP contribution in [0.2, 0.25) is 5.02 Å². The van der Waals surface area contributed by atoms with E-state index in [4.69, 9.17) is 21.8 Å². The van der Waals surface area contributed by atoms with E-state index in [9.17, 15) is 14.7 Å². The van der Waals surface area contributed by atoms with E-state index in [1.54, 1.807) is 6.07 Å². The summed E-state index contributed by atoms with van der Waals surface area (Å²) in [7, 11) is 1.23. The van der Waals surface area contributed by atoms with Gasteiger partial charge in [0.2, 0.25) is 0 Å². The maximum absolute atomic E-state index is 11.1. The number of carbonyl (C=O) groups excluding carboxylic acids is 1. The van der Waals surface area contributed by atoms with Gasteiger partial charge in [0.25, 0.3) is 0 Å². The van der Waals surface area contributed by atoms with E-state index in [0.717, 1.165) is 0 Å². The van der Waals surface area contributed by atoms with Crippen LogP contribution < -0.4 is 0 Å². The highest BCUT2D eigenvalue weighted by atomic mass is 79.9. The number of carbonyl (C=O) groups is 2. The van der Waals surface area contributed by atoms with Gasteiger partial charge in [-0.2, -0.15) is 0 Å². The van der Waals surface area contributed by atoms with Gasteiger partial charge >= 0.3 is 11.9 Å². The number of phenolic OH excluding ortho intramolecular Hbond substituents is 1. The van der Waals surface area contributed by atoms with Crippen LogP contribution in [0.25, 0.3) is 0 Å². The van der Waals surface area contributed by atoms with Gasteiger partial charge in [-0.3, -0.25) is 0 Å². The Morgan fingerprint density at radius 3 is 2.12 bits per heavy atom. The average molecular weight is 483 g/mol. The zero-order chi connectivity index (χ0) is 18.4. The third kappa shape index (κ3) is 5.40. The highest BCUT2D eigenvalue weighted by molar-refractivity contribution is 9.10. The molecule has 6 nitrogen and oxygen atoms in total. The summed E-state index contributed by atoms with van der Waals surface area (Å²) in [4.78, 5) is 21.5. The number of aromatic hydroxyl groups is 2. The molecular formula is C15H11Br2ClO6. The van der Waals surface area contributed by atoms with Gasteiger partial charge < -0.3 is 20.1 Å². The number of benzene rings is 2. The number of phenols is 2. The zero-order valence-corrected chi connectivity index (χ0v) is 16.0. The molecule has 0 unspecified atom stereocenters. The summed E-state index contributed by atoms with van der Waals surface area (Å²) >= 11 is 11.9. The lowest BCUT2D eigenvalue weighted by atomic mass is 10.2. The smallest absolute Gasteiger partial charge is 0.341 e. The first-order valence-electron chi connectivity index (χ1n) is 6.15. The number of carboxylic acids is 1. The van der Waals surface area contributed by atoms with Crippen molar-refractivity contribution >= 4 is 55.4 Å². The monoisotopic (exact) mass is 480 g/mol. The predicted molar refractivity (Wildman–Crippen MR) is 94.9 cm³/mol. The Bertz CT molecular complexity index is 779. The van der Waals surface area contributed by atoms with E-state index in [-0.39, 0.29) is 27.6 Å². The first-order chi connectivity index (χ1) is 11.2. The number of rotatable bonds is 2. The molecule has 2 aromatic carbocycles. The highest BCUT2D eigenvalue weighted by Gasteiger charge is 2.15. The van der Waals surface area contributed by atoms with E-state index in [1.165, 1.54) is 31.4 Å². The quantitative estimate of drug-likeness (QED) is 0.547. The topological polar surface area (TPSA) is 104 Å². The largest absolute Gasteiger partial charge is 0.507 e. The highest BCUT2D eigenvalue weighted by Crippen LogP contribution is 2.31. The van der Waals surface area contributed by atoms with Crippen LogP contribution in [-0.4, -0.2) is 34.4 Å². The molecule has 0 aromatic heterocycles. The molecule has 0 bridgehead atoms. The predicted octanol–water partition coefficient (Wildman–Crippen LogP) is 4.45. The lowest BCUT2D eigenvalue weighted by Gasteiger charge is -2.04. The van der Waals surface area contributed by atoms with Crippen molar-refractivity contribution in [3.05, 3.63) is 55.4 Å². The van der Waals surface area contributed by atoms with Crippen LogP contribution in [0.1, 0.15) is 20.7 Å².